The van der Waals surface area contributed by atoms with Gasteiger partial charge in [-0.05, 0) is 25.0 Å². The lowest BCUT2D eigenvalue weighted by molar-refractivity contribution is -0.122. The third-order valence-corrected chi connectivity index (χ3v) is 7.00. The first-order valence-electron chi connectivity index (χ1n) is 11.0. The van der Waals surface area contributed by atoms with Crippen molar-refractivity contribution in [2.24, 2.45) is 0 Å². The topological polar surface area (TPSA) is 111 Å². The van der Waals surface area contributed by atoms with Crippen molar-refractivity contribution < 1.29 is 23.4 Å². The number of nitrogens with zero attached hydrogens (tertiary/aromatic N) is 1. The van der Waals surface area contributed by atoms with Gasteiger partial charge in [0.1, 0.15) is 16.4 Å². The van der Waals surface area contributed by atoms with E-state index in [0.717, 1.165) is 6.42 Å². The number of nitrogens with one attached hydrogen (secondary N) is 2. The SMILES string of the molecule is CCCCN1C(=O)C(NCCCOc2cccc(NC(C)=O)c2)=C(c2ccccc2)S1(O)O. The van der Waals surface area contributed by atoms with E-state index in [0.29, 0.717) is 43.0 Å². The summed E-state index contributed by atoms with van der Waals surface area (Å²) in [5.41, 5.74) is 1.49. The zero-order valence-corrected chi connectivity index (χ0v) is 19.7. The highest BCUT2D eigenvalue weighted by molar-refractivity contribution is 8.31. The van der Waals surface area contributed by atoms with E-state index in [-0.39, 0.29) is 23.1 Å². The maximum Gasteiger partial charge on any atom is 0.290 e. The van der Waals surface area contributed by atoms with Crippen LogP contribution in [0.5, 0.6) is 5.75 Å². The lowest BCUT2D eigenvalue weighted by atomic mass is 10.2. The van der Waals surface area contributed by atoms with E-state index < -0.39 is 16.7 Å². The predicted molar refractivity (Wildman–Crippen MR) is 132 cm³/mol. The number of rotatable bonds is 11. The van der Waals surface area contributed by atoms with Gasteiger partial charge in [0.05, 0.1) is 6.61 Å². The molecule has 0 bridgehead atoms. The molecule has 2 amide bonds. The average molecular weight is 474 g/mol. The molecule has 33 heavy (non-hydrogen) atoms. The van der Waals surface area contributed by atoms with Crippen LogP contribution in [0.1, 0.15) is 38.7 Å². The van der Waals surface area contributed by atoms with Gasteiger partial charge in [0, 0.05) is 37.3 Å². The summed E-state index contributed by atoms with van der Waals surface area (Å²) in [6.07, 6.45) is 2.10. The van der Waals surface area contributed by atoms with Gasteiger partial charge in [0.25, 0.3) is 5.91 Å². The average Bonchev–Trinajstić information content (AvgIpc) is 2.97. The van der Waals surface area contributed by atoms with Crippen molar-refractivity contribution in [1.82, 2.24) is 9.62 Å². The van der Waals surface area contributed by atoms with Gasteiger partial charge in [-0.3, -0.25) is 18.7 Å². The Hall–Kier alpha value is -3.01. The van der Waals surface area contributed by atoms with Crippen LogP contribution in [0, 0.1) is 0 Å². The summed E-state index contributed by atoms with van der Waals surface area (Å²) in [5.74, 6) is 0.0764. The number of amides is 2. The van der Waals surface area contributed by atoms with Crippen LogP contribution in [-0.2, 0) is 9.59 Å². The number of carbonyl (C=O) groups is 2. The van der Waals surface area contributed by atoms with E-state index in [2.05, 4.69) is 10.6 Å². The molecule has 0 saturated heterocycles. The normalized spacial score (nSPS) is 16.0. The maximum absolute atomic E-state index is 13.1. The molecular weight excluding hydrogens is 442 g/mol. The van der Waals surface area contributed by atoms with Crippen LogP contribution >= 0.6 is 10.8 Å². The molecule has 0 atom stereocenters. The second kappa shape index (κ2) is 11.2. The molecule has 4 N–H and O–H groups in total. The fourth-order valence-corrected chi connectivity index (χ4v) is 5.32. The molecule has 2 aromatic carbocycles. The van der Waals surface area contributed by atoms with Crippen LogP contribution < -0.4 is 15.4 Å². The first-order valence-corrected chi connectivity index (χ1v) is 12.5. The monoisotopic (exact) mass is 473 g/mol. The summed E-state index contributed by atoms with van der Waals surface area (Å²) in [4.78, 5) is 24.5. The van der Waals surface area contributed by atoms with E-state index in [4.69, 9.17) is 4.74 Å². The Morgan fingerprint density at radius 2 is 1.85 bits per heavy atom. The molecule has 0 radical (unpaired) electrons. The van der Waals surface area contributed by atoms with E-state index in [1.54, 1.807) is 48.5 Å². The number of ether oxygens (including phenoxy) is 1. The zero-order valence-electron chi connectivity index (χ0n) is 18.9. The first kappa shape index (κ1) is 24.6. The molecule has 0 fully saturated rings. The minimum absolute atomic E-state index is 0.154. The van der Waals surface area contributed by atoms with Crippen LogP contribution in [0.2, 0.25) is 0 Å². The van der Waals surface area contributed by atoms with Crippen molar-refractivity contribution in [3.05, 3.63) is 65.9 Å². The van der Waals surface area contributed by atoms with Gasteiger partial charge in [0.2, 0.25) is 5.91 Å². The molecule has 1 aliphatic heterocycles. The lowest BCUT2D eigenvalue weighted by Gasteiger charge is -2.38. The summed E-state index contributed by atoms with van der Waals surface area (Å²) >= 11 is 0. The Morgan fingerprint density at radius 3 is 2.55 bits per heavy atom. The number of hydrogen-bond donors (Lipinski definition) is 4. The van der Waals surface area contributed by atoms with Crippen LogP contribution in [0.25, 0.3) is 4.91 Å². The quantitative estimate of drug-likeness (QED) is 0.353. The smallest absolute Gasteiger partial charge is 0.290 e. The van der Waals surface area contributed by atoms with E-state index in [1.807, 2.05) is 13.0 Å². The van der Waals surface area contributed by atoms with E-state index in [9.17, 15) is 18.7 Å². The number of unbranched alkanes of at least 4 members (excludes halogenated alkanes) is 1. The van der Waals surface area contributed by atoms with Crippen molar-refractivity contribution in [2.75, 3.05) is 25.0 Å². The molecule has 0 saturated carbocycles. The number of anilines is 1. The largest absolute Gasteiger partial charge is 0.493 e. The van der Waals surface area contributed by atoms with Gasteiger partial charge < -0.3 is 15.4 Å². The van der Waals surface area contributed by atoms with Crippen molar-refractivity contribution in [3.8, 4) is 5.75 Å². The third kappa shape index (κ3) is 6.07. The maximum atomic E-state index is 13.1. The number of benzene rings is 2. The number of carbonyl (C=O) groups excluding carboxylic acids is 2. The Bertz CT molecular complexity index is 1010. The predicted octanol–water partition coefficient (Wildman–Crippen LogP) is 4.68. The molecule has 0 spiro atoms. The molecule has 1 aliphatic rings. The molecule has 3 rings (SSSR count). The summed E-state index contributed by atoms with van der Waals surface area (Å²) < 4.78 is 28.9. The van der Waals surface area contributed by atoms with E-state index >= 15 is 0 Å². The summed E-state index contributed by atoms with van der Waals surface area (Å²) in [7, 11) is -3.42. The van der Waals surface area contributed by atoms with Gasteiger partial charge in [-0.25, -0.2) is 4.31 Å². The van der Waals surface area contributed by atoms with Gasteiger partial charge in [-0.2, -0.15) is 0 Å². The van der Waals surface area contributed by atoms with Gasteiger partial charge in [-0.1, -0.05) is 60.5 Å². The summed E-state index contributed by atoms with van der Waals surface area (Å²) in [5, 5.41) is 5.83. The minimum atomic E-state index is -3.42. The highest BCUT2D eigenvalue weighted by Crippen LogP contribution is 2.61. The van der Waals surface area contributed by atoms with Crippen molar-refractivity contribution >= 4 is 33.2 Å². The Kier molecular flexibility index (Phi) is 8.37. The van der Waals surface area contributed by atoms with Gasteiger partial charge >= 0.3 is 0 Å². The van der Waals surface area contributed by atoms with Crippen LogP contribution in [0.3, 0.4) is 0 Å². The molecule has 178 valence electrons. The second-order valence-electron chi connectivity index (χ2n) is 7.69. The van der Waals surface area contributed by atoms with E-state index in [1.165, 1.54) is 11.2 Å². The summed E-state index contributed by atoms with van der Waals surface area (Å²) in [6.45, 7) is 4.52. The standard InChI is InChI=1S/C24H31N3O5S/c1-3-4-15-27-24(29)22(23(33(27,30)31)19-10-6-5-7-11-19)25-14-9-16-32-21-13-8-12-20(17-21)26-18(2)28/h5-8,10-13,17,25,30-31H,3-4,9,14-16H2,1-2H3,(H,26,28). The van der Waals surface area contributed by atoms with Crippen molar-refractivity contribution in [2.45, 2.75) is 33.1 Å². The highest BCUT2D eigenvalue weighted by atomic mass is 32.3. The fraction of sp³-hybridized carbons (Fsp3) is 0.333. The van der Waals surface area contributed by atoms with Gasteiger partial charge in [-0.15, -0.1) is 0 Å². The Labute approximate surface area is 196 Å². The Morgan fingerprint density at radius 1 is 1.09 bits per heavy atom. The fourth-order valence-electron chi connectivity index (χ4n) is 3.51. The molecular formula is C24H31N3O5S. The van der Waals surface area contributed by atoms with Crippen molar-refractivity contribution in [3.63, 3.8) is 0 Å². The van der Waals surface area contributed by atoms with Crippen LogP contribution in [0.15, 0.2) is 60.3 Å². The molecule has 0 aromatic heterocycles. The Balaban J connectivity index is 1.66. The highest BCUT2D eigenvalue weighted by Gasteiger charge is 2.44. The van der Waals surface area contributed by atoms with Gasteiger partial charge in [0.15, 0.2) is 0 Å². The molecule has 1 heterocycles. The first-order chi connectivity index (χ1) is 15.8. The minimum Gasteiger partial charge on any atom is -0.493 e. The molecule has 8 nitrogen and oxygen atoms in total. The zero-order chi connectivity index (χ0) is 23.8. The van der Waals surface area contributed by atoms with Crippen molar-refractivity contribution in [1.29, 1.82) is 0 Å². The van der Waals surface area contributed by atoms with Crippen LogP contribution in [0.4, 0.5) is 5.69 Å². The summed E-state index contributed by atoms with van der Waals surface area (Å²) in [6, 6.07) is 16.1. The second-order valence-corrected chi connectivity index (χ2v) is 9.57. The van der Waals surface area contributed by atoms with Crippen LogP contribution in [-0.4, -0.2) is 44.9 Å². The molecule has 2 aromatic rings. The number of hydrogen-bond acceptors (Lipinski definition) is 6. The molecule has 0 unspecified atom stereocenters. The third-order valence-electron chi connectivity index (χ3n) is 5.05. The lowest BCUT2D eigenvalue weighted by Crippen LogP contribution is -2.33. The molecule has 0 aliphatic carbocycles. The molecule has 9 heteroatoms.